The number of rotatable bonds is 5. The second-order valence-corrected chi connectivity index (χ2v) is 4.53. The lowest BCUT2D eigenvalue weighted by atomic mass is 10.2. The third-order valence-electron chi connectivity index (χ3n) is 2.32. The molecule has 5 heteroatoms. The van der Waals surface area contributed by atoms with Gasteiger partial charge in [-0.1, -0.05) is 6.07 Å². The third-order valence-corrected chi connectivity index (χ3v) is 2.79. The van der Waals surface area contributed by atoms with Gasteiger partial charge in [-0.2, -0.15) is 0 Å². The van der Waals surface area contributed by atoms with Crippen LogP contribution in [0.3, 0.4) is 0 Å². The van der Waals surface area contributed by atoms with Gasteiger partial charge >= 0.3 is 0 Å². The summed E-state index contributed by atoms with van der Waals surface area (Å²) in [7, 11) is 0. The molecule has 4 nitrogen and oxygen atoms in total. The maximum atomic E-state index is 5.47. The lowest BCUT2D eigenvalue weighted by Crippen LogP contribution is -2.05. The molecule has 0 unspecified atom stereocenters. The molecule has 2 rings (SSSR count). The summed E-state index contributed by atoms with van der Waals surface area (Å²) in [6.45, 7) is 3.19. The molecule has 0 aliphatic heterocycles. The van der Waals surface area contributed by atoms with Gasteiger partial charge in [0.1, 0.15) is 5.82 Å². The maximum absolute atomic E-state index is 5.47. The van der Waals surface area contributed by atoms with Crippen molar-refractivity contribution in [3.63, 3.8) is 0 Å². The molecular weight excluding hydrogens is 294 g/mol. The highest BCUT2D eigenvalue weighted by atomic mass is 79.9. The smallest absolute Gasteiger partial charge is 0.218 e. The Morgan fingerprint density at radius 1 is 1.28 bits per heavy atom. The van der Waals surface area contributed by atoms with E-state index in [9.17, 15) is 0 Å². The molecule has 1 N–H and O–H groups in total. The topological polar surface area (TPSA) is 47.0 Å². The van der Waals surface area contributed by atoms with Crippen molar-refractivity contribution in [2.75, 3.05) is 11.9 Å². The van der Waals surface area contributed by atoms with Crippen LogP contribution in [-0.4, -0.2) is 16.6 Å². The Morgan fingerprint density at radius 2 is 2.17 bits per heavy atom. The number of halogens is 1. The van der Waals surface area contributed by atoms with Crippen molar-refractivity contribution >= 4 is 21.7 Å². The fraction of sp³-hybridized carbons (Fsp3) is 0.231. The van der Waals surface area contributed by atoms with Crippen LogP contribution < -0.4 is 10.1 Å². The molecule has 2 heterocycles. The van der Waals surface area contributed by atoms with Crippen molar-refractivity contribution in [2.24, 2.45) is 0 Å². The van der Waals surface area contributed by atoms with Crippen LogP contribution in [-0.2, 0) is 6.54 Å². The quantitative estimate of drug-likeness (QED) is 0.921. The lowest BCUT2D eigenvalue weighted by Gasteiger charge is -2.10. The number of ether oxygens (including phenoxy) is 1. The molecule has 0 bridgehead atoms. The molecule has 2 aromatic heterocycles. The highest BCUT2D eigenvalue weighted by Crippen LogP contribution is 2.16. The molecule has 0 amide bonds. The minimum absolute atomic E-state index is 0.612. The van der Waals surface area contributed by atoms with Crippen molar-refractivity contribution in [3.05, 3.63) is 46.7 Å². The Balaban J connectivity index is 2.03. The second kappa shape index (κ2) is 6.35. The summed E-state index contributed by atoms with van der Waals surface area (Å²) in [5.41, 5.74) is 1.02. The largest absolute Gasteiger partial charge is 0.478 e. The predicted octanol–water partition coefficient (Wildman–Crippen LogP) is 3.25. The van der Waals surface area contributed by atoms with Crippen LogP contribution in [0.5, 0.6) is 5.88 Å². The van der Waals surface area contributed by atoms with Gasteiger partial charge in [-0.15, -0.1) is 0 Å². The summed E-state index contributed by atoms with van der Waals surface area (Å²) in [6, 6.07) is 7.75. The summed E-state index contributed by atoms with van der Waals surface area (Å²) >= 11 is 3.35. The van der Waals surface area contributed by atoms with Crippen LogP contribution in [0, 0.1) is 0 Å². The Hall–Kier alpha value is -1.62. The summed E-state index contributed by atoms with van der Waals surface area (Å²) in [5.74, 6) is 1.49. The van der Waals surface area contributed by atoms with Crippen molar-refractivity contribution in [1.82, 2.24) is 9.97 Å². The minimum Gasteiger partial charge on any atom is -0.478 e. The number of anilines is 1. The normalized spacial score (nSPS) is 10.1. The summed E-state index contributed by atoms with van der Waals surface area (Å²) in [5, 5.41) is 3.24. The number of nitrogens with one attached hydrogen (secondary N) is 1. The van der Waals surface area contributed by atoms with E-state index in [1.54, 1.807) is 12.4 Å². The molecule has 0 saturated carbocycles. The van der Waals surface area contributed by atoms with Gasteiger partial charge in [-0.3, -0.25) is 0 Å². The molecule has 0 radical (unpaired) electrons. The highest BCUT2D eigenvalue weighted by Gasteiger charge is 2.03. The molecule has 0 aliphatic rings. The monoisotopic (exact) mass is 307 g/mol. The summed E-state index contributed by atoms with van der Waals surface area (Å²) < 4.78 is 6.43. The van der Waals surface area contributed by atoms with E-state index >= 15 is 0 Å². The summed E-state index contributed by atoms with van der Waals surface area (Å²) in [4.78, 5) is 8.45. The molecule has 0 saturated heterocycles. The van der Waals surface area contributed by atoms with Crippen molar-refractivity contribution < 1.29 is 4.74 Å². The average Bonchev–Trinajstić information content (AvgIpc) is 2.40. The zero-order valence-corrected chi connectivity index (χ0v) is 11.6. The molecular formula is C13H14BrN3O. The molecule has 2 aromatic rings. The van der Waals surface area contributed by atoms with E-state index < -0.39 is 0 Å². The maximum Gasteiger partial charge on any atom is 0.218 e. The van der Waals surface area contributed by atoms with Crippen LogP contribution in [0.2, 0.25) is 0 Å². The van der Waals surface area contributed by atoms with Gasteiger partial charge in [-0.25, -0.2) is 9.97 Å². The first-order valence-corrected chi connectivity index (χ1v) is 6.51. The number of nitrogens with zero attached hydrogens (tertiary/aromatic N) is 2. The van der Waals surface area contributed by atoms with Crippen molar-refractivity contribution in [2.45, 2.75) is 13.5 Å². The average molecular weight is 308 g/mol. The molecule has 0 aliphatic carbocycles. The van der Waals surface area contributed by atoms with Gasteiger partial charge in [-0.05, 0) is 41.1 Å². The minimum atomic E-state index is 0.612. The van der Waals surface area contributed by atoms with Crippen molar-refractivity contribution in [1.29, 1.82) is 0 Å². The fourth-order valence-electron chi connectivity index (χ4n) is 1.49. The van der Waals surface area contributed by atoms with Crippen LogP contribution >= 0.6 is 15.9 Å². The zero-order chi connectivity index (χ0) is 12.8. The first-order chi connectivity index (χ1) is 8.79. The standard InChI is InChI=1S/C13H14BrN3O/c1-2-18-13-10(4-3-7-15-13)8-16-12-6-5-11(14)9-17-12/h3-7,9H,2,8H2,1H3,(H,16,17). The van der Waals surface area contributed by atoms with Gasteiger partial charge in [0.15, 0.2) is 0 Å². The molecule has 0 atom stereocenters. The van der Waals surface area contributed by atoms with Gasteiger partial charge < -0.3 is 10.1 Å². The van der Waals surface area contributed by atoms with E-state index in [-0.39, 0.29) is 0 Å². The van der Waals surface area contributed by atoms with Gasteiger partial charge in [0.25, 0.3) is 0 Å². The van der Waals surface area contributed by atoms with E-state index in [4.69, 9.17) is 4.74 Å². The molecule has 0 spiro atoms. The van der Waals surface area contributed by atoms with E-state index in [0.717, 1.165) is 15.9 Å². The fourth-order valence-corrected chi connectivity index (χ4v) is 1.73. The zero-order valence-electron chi connectivity index (χ0n) is 10.1. The molecule has 0 fully saturated rings. The van der Waals surface area contributed by atoms with Crippen LogP contribution in [0.4, 0.5) is 5.82 Å². The second-order valence-electron chi connectivity index (χ2n) is 3.62. The van der Waals surface area contributed by atoms with Gasteiger partial charge in [0, 0.05) is 29.0 Å². The molecule has 0 aromatic carbocycles. The number of pyridine rings is 2. The number of hydrogen-bond acceptors (Lipinski definition) is 4. The molecule has 18 heavy (non-hydrogen) atoms. The first-order valence-electron chi connectivity index (χ1n) is 5.71. The Kier molecular flexibility index (Phi) is 4.52. The predicted molar refractivity (Wildman–Crippen MR) is 74.7 cm³/mol. The number of aromatic nitrogens is 2. The van der Waals surface area contributed by atoms with Crippen molar-refractivity contribution in [3.8, 4) is 5.88 Å². The SMILES string of the molecule is CCOc1ncccc1CNc1ccc(Br)cn1. The first kappa shape index (κ1) is 12.8. The van der Waals surface area contributed by atoms with Crippen LogP contribution in [0.15, 0.2) is 41.1 Å². The van der Waals surface area contributed by atoms with E-state index in [1.807, 2.05) is 31.2 Å². The Morgan fingerprint density at radius 3 is 2.89 bits per heavy atom. The van der Waals surface area contributed by atoms with Crippen LogP contribution in [0.25, 0.3) is 0 Å². The third kappa shape index (κ3) is 3.43. The van der Waals surface area contributed by atoms with Crippen LogP contribution in [0.1, 0.15) is 12.5 Å². The Labute approximate surface area is 115 Å². The molecule has 94 valence electrons. The Bertz CT molecular complexity index is 502. The van der Waals surface area contributed by atoms with E-state index in [2.05, 4.69) is 31.2 Å². The van der Waals surface area contributed by atoms with Gasteiger partial charge in [0.2, 0.25) is 5.88 Å². The highest BCUT2D eigenvalue weighted by molar-refractivity contribution is 9.10. The van der Waals surface area contributed by atoms with Gasteiger partial charge in [0.05, 0.1) is 6.61 Å². The summed E-state index contributed by atoms with van der Waals surface area (Å²) in [6.07, 6.45) is 3.49. The number of hydrogen-bond donors (Lipinski definition) is 1. The van der Waals surface area contributed by atoms with E-state index in [1.165, 1.54) is 0 Å². The lowest BCUT2D eigenvalue weighted by molar-refractivity contribution is 0.323. The van der Waals surface area contributed by atoms with E-state index in [0.29, 0.717) is 19.0 Å².